The van der Waals surface area contributed by atoms with Crippen LogP contribution in [0.25, 0.3) is 22.2 Å². The summed E-state index contributed by atoms with van der Waals surface area (Å²) >= 11 is 1.34. The predicted molar refractivity (Wildman–Crippen MR) is 92.7 cm³/mol. The van der Waals surface area contributed by atoms with Crippen LogP contribution in [0.2, 0.25) is 0 Å². The molecule has 5 nitrogen and oxygen atoms in total. The van der Waals surface area contributed by atoms with E-state index >= 15 is 0 Å². The Hall–Kier alpha value is -2.52. The van der Waals surface area contributed by atoms with Crippen LogP contribution in [-0.2, 0) is 0 Å². The molecule has 0 amide bonds. The largest absolute Gasteiger partial charge is 0.345 e. The smallest absolute Gasteiger partial charge is 0.270 e. The average Bonchev–Trinajstić information content (AvgIpc) is 2.97. The predicted octanol–water partition coefficient (Wildman–Crippen LogP) is 3.57. The van der Waals surface area contributed by atoms with Crippen molar-refractivity contribution < 1.29 is 0 Å². The minimum absolute atomic E-state index is 0.0467. The van der Waals surface area contributed by atoms with Crippen LogP contribution in [0.1, 0.15) is 25.5 Å². The van der Waals surface area contributed by atoms with Gasteiger partial charge in [0.1, 0.15) is 11.6 Å². The summed E-state index contributed by atoms with van der Waals surface area (Å²) < 4.78 is 2.18. The fourth-order valence-corrected chi connectivity index (χ4v) is 3.00. The lowest BCUT2D eigenvalue weighted by atomic mass is 10.1. The molecule has 3 aromatic rings. The van der Waals surface area contributed by atoms with Gasteiger partial charge < -0.3 is 9.55 Å². The first-order chi connectivity index (χ1) is 11.0. The number of thioether (sulfide) groups is 1. The standard InChI is InChI=1S/C17H16N4OS/c1-10(2)21-7-6-11-8-12(4-5-14(11)21)15-13(9-18)16(22)20-17(19-15)23-3/h4-8,10H,1-3H3,(H,19,20,22). The zero-order valence-electron chi connectivity index (χ0n) is 13.1. The first kappa shape index (κ1) is 15.4. The third-order valence-corrected chi connectivity index (χ3v) is 4.33. The highest BCUT2D eigenvalue weighted by atomic mass is 32.2. The van der Waals surface area contributed by atoms with Gasteiger partial charge in [-0.25, -0.2) is 4.98 Å². The summed E-state index contributed by atoms with van der Waals surface area (Å²) in [5.74, 6) is 0. The Morgan fingerprint density at radius 1 is 1.35 bits per heavy atom. The molecule has 0 radical (unpaired) electrons. The number of H-pyrrole nitrogens is 1. The van der Waals surface area contributed by atoms with Gasteiger partial charge in [0.25, 0.3) is 5.56 Å². The van der Waals surface area contributed by atoms with Gasteiger partial charge in [-0.05, 0) is 38.3 Å². The summed E-state index contributed by atoms with van der Waals surface area (Å²) in [7, 11) is 0. The molecular formula is C17H16N4OS. The Balaban J connectivity index is 2.23. The molecular weight excluding hydrogens is 308 g/mol. The Kier molecular flexibility index (Phi) is 3.97. The molecule has 0 aliphatic heterocycles. The Labute approximate surface area is 138 Å². The summed E-state index contributed by atoms with van der Waals surface area (Å²) in [5, 5.41) is 10.9. The molecule has 1 N–H and O–H groups in total. The Morgan fingerprint density at radius 2 is 2.13 bits per heavy atom. The number of aromatic amines is 1. The number of nitriles is 1. The summed E-state index contributed by atoms with van der Waals surface area (Å²) in [4.78, 5) is 19.1. The van der Waals surface area contributed by atoms with Gasteiger partial charge in [-0.2, -0.15) is 5.26 Å². The number of rotatable bonds is 3. The molecule has 2 heterocycles. The molecule has 0 unspecified atom stereocenters. The normalized spacial score (nSPS) is 11.1. The van der Waals surface area contributed by atoms with Gasteiger partial charge in [0.15, 0.2) is 5.16 Å². The van der Waals surface area contributed by atoms with Crippen LogP contribution >= 0.6 is 11.8 Å². The zero-order chi connectivity index (χ0) is 16.6. The van der Waals surface area contributed by atoms with Gasteiger partial charge >= 0.3 is 0 Å². The van der Waals surface area contributed by atoms with Gasteiger partial charge in [0.2, 0.25) is 0 Å². The summed E-state index contributed by atoms with van der Waals surface area (Å²) in [6.07, 6.45) is 3.88. The lowest BCUT2D eigenvalue weighted by Gasteiger charge is -2.10. The maximum Gasteiger partial charge on any atom is 0.270 e. The number of fused-ring (bicyclic) bond motifs is 1. The summed E-state index contributed by atoms with van der Waals surface area (Å²) in [5.41, 5.74) is 1.97. The lowest BCUT2D eigenvalue weighted by Crippen LogP contribution is -2.14. The lowest BCUT2D eigenvalue weighted by molar-refractivity contribution is 0.623. The highest BCUT2D eigenvalue weighted by molar-refractivity contribution is 7.98. The number of nitrogens with zero attached hydrogens (tertiary/aromatic N) is 3. The zero-order valence-corrected chi connectivity index (χ0v) is 13.9. The first-order valence-electron chi connectivity index (χ1n) is 7.24. The quantitative estimate of drug-likeness (QED) is 0.590. The second kappa shape index (κ2) is 5.94. The van der Waals surface area contributed by atoms with Gasteiger partial charge in [-0.15, -0.1) is 0 Å². The second-order valence-corrected chi connectivity index (χ2v) is 6.30. The highest BCUT2D eigenvalue weighted by Crippen LogP contribution is 2.27. The minimum Gasteiger partial charge on any atom is -0.345 e. The molecule has 3 rings (SSSR count). The molecule has 0 spiro atoms. The first-order valence-corrected chi connectivity index (χ1v) is 8.47. The molecule has 23 heavy (non-hydrogen) atoms. The SMILES string of the molecule is CSc1nc(-c2ccc3c(ccn3C(C)C)c2)c(C#N)c(=O)[nH]1. The number of benzene rings is 1. The van der Waals surface area contributed by atoms with E-state index < -0.39 is 5.56 Å². The molecule has 0 atom stereocenters. The van der Waals surface area contributed by atoms with E-state index in [1.54, 1.807) is 0 Å². The molecule has 0 fully saturated rings. The van der Waals surface area contributed by atoms with Crippen molar-refractivity contribution in [2.45, 2.75) is 25.0 Å². The molecule has 6 heteroatoms. The van der Waals surface area contributed by atoms with Crippen LogP contribution in [0.3, 0.4) is 0 Å². The van der Waals surface area contributed by atoms with E-state index in [-0.39, 0.29) is 5.56 Å². The fourth-order valence-electron chi connectivity index (χ4n) is 2.62. The summed E-state index contributed by atoms with van der Waals surface area (Å²) in [6.45, 7) is 4.26. The third-order valence-electron chi connectivity index (χ3n) is 3.75. The fraction of sp³-hybridized carbons (Fsp3) is 0.235. The monoisotopic (exact) mass is 324 g/mol. The molecule has 0 saturated heterocycles. The van der Waals surface area contributed by atoms with E-state index in [1.807, 2.05) is 42.8 Å². The molecule has 2 aromatic heterocycles. The van der Waals surface area contributed by atoms with Crippen molar-refractivity contribution in [2.75, 3.05) is 6.26 Å². The van der Waals surface area contributed by atoms with E-state index in [9.17, 15) is 10.1 Å². The van der Waals surface area contributed by atoms with Crippen LogP contribution in [-0.4, -0.2) is 20.8 Å². The molecule has 0 saturated carbocycles. The Morgan fingerprint density at radius 3 is 2.78 bits per heavy atom. The van der Waals surface area contributed by atoms with E-state index in [4.69, 9.17) is 0 Å². The number of hydrogen-bond donors (Lipinski definition) is 1. The van der Waals surface area contributed by atoms with Crippen molar-refractivity contribution in [2.24, 2.45) is 0 Å². The average molecular weight is 324 g/mol. The highest BCUT2D eigenvalue weighted by Gasteiger charge is 2.14. The van der Waals surface area contributed by atoms with Crippen LogP contribution < -0.4 is 5.56 Å². The van der Waals surface area contributed by atoms with Crippen molar-refractivity contribution in [3.63, 3.8) is 0 Å². The second-order valence-electron chi connectivity index (χ2n) is 5.50. The Bertz CT molecular complexity index is 978. The van der Waals surface area contributed by atoms with Crippen molar-refractivity contribution in [1.29, 1.82) is 5.26 Å². The molecule has 0 aliphatic carbocycles. The third kappa shape index (κ3) is 2.64. The number of nitrogens with one attached hydrogen (secondary N) is 1. The van der Waals surface area contributed by atoms with Crippen molar-refractivity contribution >= 4 is 22.7 Å². The minimum atomic E-state index is -0.401. The van der Waals surface area contributed by atoms with E-state index in [2.05, 4.69) is 28.4 Å². The molecule has 0 aliphatic rings. The maximum atomic E-state index is 12.0. The molecule has 1 aromatic carbocycles. The van der Waals surface area contributed by atoms with Gasteiger partial charge in [0, 0.05) is 28.7 Å². The van der Waals surface area contributed by atoms with E-state index in [1.165, 1.54) is 11.8 Å². The van der Waals surface area contributed by atoms with Crippen molar-refractivity contribution in [1.82, 2.24) is 14.5 Å². The van der Waals surface area contributed by atoms with Crippen LogP contribution in [0.4, 0.5) is 0 Å². The van der Waals surface area contributed by atoms with Crippen LogP contribution in [0.15, 0.2) is 40.4 Å². The van der Waals surface area contributed by atoms with Gasteiger partial charge in [0.05, 0.1) is 5.69 Å². The van der Waals surface area contributed by atoms with Crippen LogP contribution in [0.5, 0.6) is 0 Å². The topological polar surface area (TPSA) is 74.5 Å². The summed E-state index contributed by atoms with van der Waals surface area (Å²) in [6, 6.07) is 10.3. The maximum absolute atomic E-state index is 12.0. The number of aromatic nitrogens is 3. The van der Waals surface area contributed by atoms with E-state index in [0.29, 0.717) is 16.9 Å². The van der Waals surface area contributed by atoms with Crippen molar-refractivity contribution in [3.8, 4) is 17.3 Å². The van der Waals surface area contributed by atoms with Crippen LogP contribution in [0, 0.1) is 11.3 Å². The molecule has 116 valence electrons. The van der Waals surface area contributed by atoms with E-state index in [0.717, 1.165) is 16.5 Å². The molecule has 0 bridgehead atoms. The van der Waals surface area contributed by atoms with Crippen molar-refractivity contribution in [3.05, 3.63) is 46.4 Å². The number of hydrogen-bond acceptors (Lipinski definition) is 4. The van der Waals surface area contributed by atoms with Gasteiger partial charge in [-0.3, -0.25) is 4.79 Å². The van der Waals surface area contributed by atoms with Gasteiger partial charge in [-0.1, -0.05) is 17.8 Å².